The topological polar surface area (TPSA) is 101 Å². The molecule has 2 rings (SSSR count). The lowest BCUT2D eigenvalue weighted by Crippen LogP contribution is -2.42. The van der Waals surface area contributed by atoms with Gasteiger partial charge in [-0.2, -0.15) is 0 Å². The molecule has 122 valence electrons. The van der Waals surface area contributed by atoms with Crippen LogP contribution in [-0.2, 0) is 9.59 Å². The third-order valence-electron chi connectivity index (χ3n) is 3.86. The van der Waals surface area contributed by atoms with Crippen molar-refractivity contribution in [2.45, 2.75) is 26.3 Å². The zero-order valence-electron chi connectivity index (χ0n) is 13.0. The smallest absolute Gasteiger partial charge is 0.322 e. The number of carboxylic acids is 1. The van der Waals surface area contributed by atoms with Crippen molar-refractivity contribution in [1.82, 2.24) is 14.9 Å². The molecule has 1 heterocycles. The summed E-state index contributed by atoms with van der Waals surface area (Å²) in [6.07, 6.45) is 2.01. The maximum atomic E-state index is 12.7. The maximum absolute atomic E-state index is 12.7. The van der Waals surface area contributed by atoms with Crippen LogP contribution in [0.15, 0.2) is 35.4 Å². The van der Waals surface area contributed by atoms with Gasteiger partial charge in [-0.15, -0.1) is 0 Å². The largest absolute Gasteiger partial charge is 0.480 e. The van der Waals surface area contributed by atoms with E-state index in [9.17, 15) is 14.4 Å². The van der Waals surface area contributed by atoms with Crippen LogP contribution in [0, 0.1) is 5.92 Å². The Morgan fingerprint density at radius 1 is 1.35 bits per heavy atom. The van der Waals surface area contributed by atoms with Crippen LogP contribution in [0.5, 0.6) is 0 Å². The molecule has 7 heteroatoms. The lowest BCUT2D eigenvalue weighted by atomic mass is 9.98. The van der Waals surface area contributed by atoms with E-state index in [-0.39, 0.29) is 11.5 Å². The van der Waals surface area contributed by atoms with Gasteiger partial charge in [-0.05, 0) is 18.1 Å². The summed E-state index contributed by atoms with van der Waals surface area (Å²) in [5, 5.41) is 11.5. The minimum Gasteiger partial charge on any atom is -0.480 e. The standard InChI is InChI=1S/C16H19N3O4/c1-3-10(2)14(15(22)17-8-13(20)21)19-9-18-12-7-5-4-6-11(12)16(19)23/h4-7,9-10,14H,3,8H2,1-2H3,(H,17,22)(H,20,21). The molecular formula is C16H19N3O4. The Kier molecular flexibility index (Phi) is 5.10. The normalized spacial score (nSPS) is 13.5. The van der Waals surface area contributed by atoms with Gasteiger partial charge in [0.05, 0.1) is 17.2 Å². The van der Waals surface area contributed by atoms with Crippen LogP contribution in [0.1, 0.15) is 26.3 Å². The summed E-state index contributed by atoms with van der Waals surface area (Å²) in [5.41, 5.74) is 0.244. The highest BCUT2D eigenvalue weighted by Gasteiger charge is 2.27. The first-order chi connectivity index (χ1) is 11.0. The monoisotopic (exact) mass is 317 g/mol. The van der Waals surface area contributed by atoms with E-state index < -0.39 is 24.5 Å². The minimum atomic E-state index is -1.13. The molecule has 1 aromatic carbocycles. The van der Waals surface area contributed by atoms with Crippen LogP contribution < -0.4 is 10.9 Å². The van der Waals surface area contributed by atoms with Crippen LogP contribution in [0.2, 0.25) is 0 Å². The minimum absolute atomic E-state index is 0.149. The van der Waals surface area contributed by atoms with Gasteiger partial charge in [-0.25, -0.2) is 4.98 Å². The van der Waals surface area contributed by atoms with Crippen molar-refractivity contribution in [3.63, 3.8) is 0 Å². The van der Waals surface area contributed by atoms with Gasteiger partial charge in [0, 0.05) is 0 Å². The Morgan fingerprint density at radius 2 is 2.04 bits per heavy atom. The fraction of sp³-hybridized carbons (Fsp3) is 0.375. The number of aromatic nitrogens is 2. The van der Waals surface area contributed by atoms with E-state index in [4.69, 9.17) is 5.11 Å². The predicted octanol–water partition coefficient (Wildman–Crippen LogP) is 1.18. The molecule has 0 aliphatic carbocycles. The Labute approximate surface area is 133 Å². The lowest BCUT2D eigenvalue weighted by molar-refractivity contribution is -0.138. The first kappa shape index (κ1) is 16.7. The number of nitrogens with one attached hydrogen (secondary N) is 1. The molecule has 0 fully saturated rings. The molecule has 0 spiro atoms. The van der Waals surface area contributed by atoms with Crippen LogP contribution in [-0.4, -0.2) is 33.1 Å². The number of fused-ring (bicyclic) bond motifs is 1. The van der Waals surface area contributed by atoms with Gasteiger partial charge in [0.25, 0.3) is 5.56 Å². The van der Waals surface area contributed by atoms with E-state index in [1.165, 1.54) is 10.9 Å². The first-order valence-corrected chi connectivity index (χ1v) is 7.41. The molecule has 0 bridgehead atoms. The molecule has 1 amide bonds. The summed E-state index contributed by atoms with van der Waals surface area (Å²) in [5.74, 6) is -1.78. The Bertz CT molecular complexity index is 784. The molecule has 0 aliphatic heterocycles. The van der Waals surface area contributed by atoms with Gasteiger partial charge >= 0.3 is 5.97 Å². The highest BCUT2D eigenvalue weighted by Crippen LogP contribution is 2.20. The zero-order chi connectivity index (χ0) is 17.0. The van der Waals surface area contributed by atoms with E-state index in [0.717, 1.165) is 0 Å². The van der Waals surface area contributed by atoms with E-state index in [1.807, 2.05) is 13.8 Å². The Balaban J connectivity index is 2.47. The maximum Gasteiger partial charge on any atom is 0.322 e. The van der Waals surface area contributed by atoms with E-state index in [0.29, 0.717) is 17.3 Å². The molecule has 0 saturated carbocycles. The number of rotatable bonds is 6. The summed E-state index contributed by atoms with van der Waals surface area (Å²) < 4.78 is 1.29. The van der Waals surface area contributed by atoms with Crippen molar-refractivity contribution < 1.29 is 14.7 Å². The van der Waals surface area contributed by atoms with Gasteiger partial charge < -0.3 is 10.4 Å². The Morgan fingerprint density at radius 3 is 2.70 bits per heavy atom. The molecule has 2 atom stereocenters. The van der Waals surface area contributed by atoms with Crippen LogP contribution in [0.4, 0.5) is 0 Å². The van der Waals surface area contributed by atoms with Crippen molar-refractivity contribution in [1.29, 1.82) is 0 Å². The van der Waals surface area contributed by atoms with Crippen molar-refractivity contribution in [3.8, 4) is 0 Å². The summed E-state index contributed by atoms with van der Waals surface area (Å²) in [6, 6.07) is 6.10. The predicted molar refractivity (Wildman–Crippen MR) is 85.1 cm³/mol. The van der Waals surface area contributed by atoms with Crippen molar-refractivity contribution in [2.75, 3.05) is 6.54 Å². The number of aliphatic carboxylic acids is 1. The number of para-hydroxylation sites is 1. The van der Waals surface area contributed by atoms with Gasteiger partial charge in [0.2, 0.25) is 5.91 Å². The summed E-state index contributed by atoms with van der Waals surface area (Å²) in [7, 11) is 0. The molecule has 0 aliphatic rings. The molecular weight excluding hydrogens is 298 g/mol. The summed E-state index contributed by atoms with van der Waals surface area (Å²) in [4.78, 5) is 39.9. The van der Waals surface area contributed by atoms with Crippen molar-refractivity contribution >= 4 is 22.8 Å². The molecule has 0 saturated heterocycles. The third kappa shape index (κ3) is 3.56. The quantitative estimate of drug-likeness (QED) is 0.833. The number of carboxylic acid groups (broad SMARTS) is 1. The fourth-order valence-electron chi connectivity index (χ4n) is 2.43. The average Bonchev–Trinajstić information content (AvgIpc) is 2.55. The zero-order valence-corrected chi connectivity index (χ0v) is 13.0. The Hall–Kier alpha value is -2.70. The molecule has 1 aromatic heterocycles. The van der Waals surface area contributed by atoms with E-state index >= 15 is 0 Å². The molecule has 2 unspecified atom stereocenters. The van der Waals surface area contributed by atoms with Crippen molar-refractivity contribution in [2.24, 2.45) is 5.92 Å². The summed E-state index contributed by atoms with van der Waals surface area (Å²) in [6.45, 7) is 3.26. The van der Waals surface area contributed by atoms with Gasteiger partial charge in [-0.1, -0.05) is 32.4 Å². The number of amides is 1. The lowest BCUT2D eigenvalue weighted by Gasteiger charge is -2.24. The van der Waals surface area contributed by atoms with E-state index in [1.54, 1.807) is 24.3 Å². The molecule has 2 aromatic rings. The highest BCUT2D eigenvalue weighted by atomic mass is 16.4. The number of carbonyl (C=O) groups is 2. The molecule has 23 heavy (non-hydrogen) atoms. The third-order valence-corrected chi connectivity index (χ3v) is 3.86. The summed E-state index contributed by atoms with van der Waals surface area (Å²) >= 11 is 0. The SMILES string of the molecule is CCC(C)C(C(=O)NCC(=O)O)n1cnc2ccccc2c1=O. The van der Waals surface area contributed by atoms with Crippen LogP contribution in [0.25, 0.3) is 10.9 Å². The fourth-order valence-corrected chi connectivity index (χ4v) is 2.43. The van der Waals surface area contributed by atoms with Crippen LogP contribution >= 0.6 is 0 Å². The van der Waals surface area contributed by atoms with Crippen LogP contribution in [0.3, 0.4) is 0 Å². The second-order valence-corrected chi connectivity index (χ2v) is 5.42. The average molecular weight is 317 g/mol. The second kappa shape index (κ2) is 7.04. The number of benzene rings is 1. The highest BCUT2D eigenvalue weighted by molar-refractivity contribution is 5.85. The van der Waals surface area contributed by atoms with Gasteiger partial charge in [0.15, 0.2) is 0 Å². The van der Waals surface area contributed by atoms with Crippen molar-refractivity contribution in [3.05, 3.63) is 40.9 Å². The first-order valence-electron chi connectivity index (χ1n) is 7.41. The number of hydrogen-bond acceptors (Lipinski definition) is 4. The van der Waals surface area contributed by atoms with Gasteiger partial charge in [-0.3, -0.25) is 19.0 Å². The molecule has 0 radical (unpaired) electrons. The van der Waals surface area contributed by atoms with Gasteiger partial charge in [0.1, 0.15) is 12.6 Å². The number of carbonyl (C=O) groups excluding carboxylic acids is 1. The van der Waals surface area contributed by atoms with E-state index in [2.05, 4.69) is 10.3 Å². The number of nitrogens with zero attached hydrogens (tertiary/aromatic N) is 2. The molecule has 2 N–H and O–H groups in total. The second-order valence-electron chi connectivity index (χ2n) is 5.42. The number of hydrogen-bond donors (Lipinski definition) is 2. The molecule has 7 nitrogen and oxygen atoms in total.